The molecule has 0 aliphatic carbocycles. The van der Waals surface area contributed by atoms with E-state index in [0.717, 1.165) is 18.4 Å². The van der Waals surface area contributed by atoms with Crippen LogP contribution in [0.25, 0.3) is 0 Å². The van der Waals surface area contributed by atoms with Crippen molar-refractivity contribution in [1.29, 1.82) is 0 Å². The molecule has 0 atom stereocenters. The normalized spacial score (nSPS) is 10.2. The minimum absolute atomic E-state index is 0.282. The van der Waals surface area contributed by atoms with Crippen molar-refractivity contribution in [2.75, 3.05) is 12.5 Å². The van der Waals surface area contributed by atoms with Gasteiger partial charge >= 0.3 is 0 Å². The summed E-state index contributed by atoms with van der Waals surface area (Å²) >= 11 is 5.55. The third kappa shape index (κ3) is 5.53. The quantitative estimate of drug-likeness (QED) is 0.546. The van der Waals surface area contributed by atoms with Crippen LogP contribution in [0.5, 0.6) is 5.75 Å². The van der Waals surface area contributed by atoms with Crippen molar-refractivity contribution in [1.82, 2.24) is 0 Å². The van der Waals surface area contributed by atoms with E-state index in [2.05, 4.69) is 25.7 Å². The molecule has 0 saturated carbocycles. The number of halogens is 2. The Labute approximate surface area is 120 Å². The summed E-state index contributed by atoms with van der Waals surface area (Å²) in [6, 6.07) is 4.70. The molecule has 0 aromatic heterocycles. The van der Waals surface area contributed by atoms with E-state index in [0.29, 0.717) is 24.8 Å². The van der Waals surface area contributed by atoms with Crippen LogP contribution in [0.3, 0.4) is 0 Å². The minimum Gasteiger partial charge on any atom is -0.490 e. The highest BCUT2D eigenvalue weighted by Crippen LogP contribution is 2.20. The lowest BCUT2D eigenvalue weighted by Crippen LogP contribution is -2.10. The molecule has 0 unspecified atom stereocenters. The molecular weight excluding hydrogens is 263 g/mol. The predicted molar refractivity (Wildman–Crippen MR) is 78.2 cm³/mol. The molecule has 0 aliphatic rings. The van der Waals surface area contributed by atoms with Gasteiger partial charge in [-0.25, -0.2) is 4.39 Å². The van der Waals surface area contributed by atoms with Crippen molar-refractivity contribution < 1.29 is 9.13 Å². The van der Waals surface area contributed by atoms with E-state index in [1.807, 2.05) is 0 Å². The van der Waals surface area contributed by atoms with E-state index in [1.165, 1.54) is 6.07 Å². The van der Waals surface area contributed by atoms with E-state index in [-0.39, 0.29) is 11.6 Å². The second-order valence-electron chi connectivity index (χ2n) is 4.38. The van der Waals surface area contributed by atoms with E-state index in [4.69, 9.17) is 16.3 Å². The van der Waals surface area contributed by atoms with Crippen LogP contribution in [0.2, 0.25) is 0 Å². The third-order valence-corrected chi connectivity index (χ3v) is 3.20. The average Bonchev–Trinajstić information content (AvgIpc) is 2.43. The Balaban J connectivity index is 2.72. The molecule has 0 fully saturated rings. The monoisotopic (exact) mass is 282 g/mol. The summed E-state index contributed by atoms with van der Waals surface area (Å²) in [5.74, 6) is 6.79. The van der Waals surface area contributed by atoms with Crippen molar-refractivity contribution >= 4 is 11.6 Å². The zero-order valence-corrected chi connectivity index (χ0v) is 12.3. The fourth-order valence-electron chi connectivity index (χ4n) is 1.64. The highest BCUT2D eigenvalue weighted by molar-refractivity contribution is 6.18. The van der Waals surface area contributed by atoms with Crippen LogP contribution in [-0.2, 0) is 0 Å². The highest BCUT2D eigenvalue weighted by atomic mass is 35.5. The Morgan fingerprint density at radius 1 is 1.32 bits per heavy atom. The second kappa shape index (κ2) is 8.82. The summed E-state index contributed by atoms with van der Waals surface area (Å²) in [5.41, 5.74) is 0.756. The van der Waals surface area contributed by atoms with Gasteiger partial charge in [0.25, 0.3) is 0 Å². The lowest BCUT2D eigenvalue weighted by atomic mass is 10.1. The van der Waals surface area contributed by atoms with Crippen molar-refractivity contribution in [3.8, 4) is 17.6 Å². The highest BCUT2D eigenvalue weighted by Gasteiger charge is 2.08. The third-order valence-electron chi connectivity index (χ3n) is 3.01. The molecule has 1 aromatic rings. The summed E-state index contributed by atoms with van der Waals surface area (Å²) in [6.45, 7) is 4.77. The Hall–Kier alpha value is -1.20. The summed E-state index contributed by atoms with van der Waals surface area (Å²) in [7, 11) is 0. The number of hydrogen-bond acceptors (Lipinski definition) is 1. The van der Waals surface area contributed by atoms with Gasteiger partial charge in [0.05, 0.1) is 6.61 Å². The zero-order chi connectivity index (χ0) is 14.1. The molecule has 0 bridgehead atoms. The summed E-state index contributed by atoms with van der Waals surface area (Å²) in [5, 5.41) is 0. The van der Waals surface area contributed by atoms with Crippen LogP contribution < -0.4 is 4.74 Å². The van der Waals surface area contributed by atoms with Crippen molar-refractivity contribution in [3.05, 3.63) is 29.6 Å². The van der Waals surface area contributed by atoms with Crippen molar-refractivity contribution in [2.45, 2.75) is 33.1 Å². The van der Waals surface area contributed by atoms with E-state index in [9.17, 15) is 4.39 Å². The Morgan fingerprint density at radius 2 is 2.05 bits per heavy atom. The Bertz CT molecular complexity index is 444. The van der Waals surface area contributed by atoms with Crippen LogP contribution in [0, 0.1) is 23.6 Å². The topological polar surface area (TPSA) is 9.23 Å². The average molecular weight is 283 g/mol. The summed E-state index contributed by atoms with van der Waals surface area (Å²) < 4.78 is 19.2. The van der Waals surface area contributed by atoms with Gasteiger partial charge in [0.15, 0.2) is 11.6 Å². The number of ether oxygens (including phenoxy) is 1. The smallest absolute Gasteiger partial charge is 0.165 e. The number of alkyl halides is 1. The molecule has 1 aromatic carbocycles. The van der Waals surface area contributed by atoms with Gasteiger partial charge in [-0.1, -0.05) is 38.5 Å². The van der Waals surface area contributed by atoms with Crippen LogP contribution in [0.15, 0.2) is 18.2 Å². The van der Waals surface area contributed by atoms with Gasteiger partial charge in [0.2, 0.25) is 0 Å². The standard InChI is InChI=1S/C16H20ClFO/c1-3-13(4-2)12-19-16-11-14(7-5-6-10-17)8-9-15(16)18/h8-9,11,13H,3-4,6,10,12H2,1-2H3. The molecule has 0 aliphatic heterocycles. The van der Waals surface area contributed by atoms with E-state index >= 15 is 0 Å². The lowest BCUT2D eigenvalue weighted by Gasteiger charge is -2.14. The van der Waals surface area contributed by atoms with Gasteiger partial charge < -0.3 is 4.74 Å². The SMILES string of the molecule is CCC(CC)COc1cc(C#CCCCl)ccc1F. The summed E-state index contributed by atoms with van der Waals surface area (Å²) in [4.78, 5) is 0. The second-order valence-corrected chi connectivity index (χ2v) is 4.76. The van der Waals surface area contributed by atoms with Gasteiger partial charge in [0.1, 0.15) is 0 Å². The molecule has 0 heterocycles. The van der Waals surface area contributed by atoms with E-state index < -0.39 is 0 Å². The Morgan fingerprint density at radius 3 is 2.68 bits per heavy atom. The predicted octanol–water partition coefficient (Wildman–Crippen LogP) is 4.62. The van der Waals surface area contributed by atoms with E-state index in [1.54, 1.807) is 12.1 Å². The molecule has 0 spiro atoms. The molecule has 1 rings (SSSR count). The maximum Gasteiger partial charge on any atom is 0.165 e. The largest absolute Gasteiger partial charge is 0.490 e. The van der Waals surface area contributed by atoms with Gasteiger partial charge in [-0.05, 0) is 24.1 Å². The molecule has 1 nitrogen and oxygen atoms in total. The first-order chi connectivity index (χ1) is 9.21. The molecule has 0 N–H and O–H groups in total. The first-order valence-corrected chi connectivity index (χ1v) is 7.21. The first-order valence-electron chi connectivity index (χ1n) is 6.68. The maximum atomic E-state index is 13.6. The first kappa shape index (κ1) is 15.9. The molecular formula is C16H20ClFO. The van der Waals surface area contributed by atoms with Crippen molar-refractivity contribution in [3.63, 3.8) is 0 Å². The maximum absolute atomic E-state index is 13.6. The van der Waals surface area contributed by atoms with Gasteiger partial charge in [0, 0.05) is 17.9 Å². The van der Waals surface area contributed by atoms with Gasteiger partial charge in [-0.15, -0.1) is 11.6 Å². The number of rotatable bonds is 6. The fraction of sp³-hybridized carbons (Fsp3) is 0.500. The van der Waals surface area contributed by atoms with Gasteiger partial charge in [-0.2, -0.15) is 0 Å². The zero-order valence-electron chi connectivity index (χ0n) is 11.5. The molecule has 0 radical (unpaired) electrons. The molecule has 0 saturated heterocycles. The van der Waals surface area contributed by atoms with Crippen LogP contribution in [-0.4, -0.2) is 12.5 Å². The Kier molecular flexibility index (Phi) is 7.36. The van der Waals surface area contributed by atoms with Crippen molar-refractivity contribution in [2.24, 2.45) is 5.92 Å². The fourth-order valence-corrected chi connectivity index (χ4v) is 1.73. The van der Waals surface area contributed by atoms with Crippen LogP contribution in [0.4, 0.5) is 4.39 Å². The minimum atomic E-state index is -0.339. The van der Waals surface area contributed by atoms with Gasteiger partial charge in [-0.3, -0.25) is 0 Å². The molecule has 0 amide bonds. The number of hydrogen-bond donors (Lipinski definition) is 0. The number of benzene rings is 1. The summed E-state index contributed by atoms with van der Waals surface area (Å²) in [6.07, 6.45) is 2.70. The lowest BCUT2D eigenvalue weighted by molar-refractivity contribution is 0.231. The van der Waals surface area contributed by atoms with Crippen LogP contribution >= 0.6 is 11.6 Å². The van der Waals surface area contributed by atoms with Crippen LogP contribution in [0.1, 0.15) is 38.7 Å². The molecule has 104 valence electrons. The molecule has 19 heavy (non-hydrogen) atoms. The molecule has 3 heteroatoms.